The van der Waals surface area contributed by atoms with Crippen molar-refractivity contribution in [1.82, 2.24) is 9.97 Å². The van der Waals surface area contributed by atoms with Crippen LogP contribution in [0.15, 0.2) is 30.5 Å². The van der Waals surface area contributed by atoms with Gasteiger partial charge < -0.3 is 16.4 Å². The third-order valence-electron chi connectivity index (χ3n) is 5.42. The molecule has 146 valence electrons. The molecule has 0 spiro atoms. The first-order valence-electron chi connectivity index (χ1n) is 9.12. The number of benzene rings is 1. The highest BCUT2D eigenvalue weighted by atomic mass is 35.5. The molecule has 8 heteroatoms. The topological polar surface area (TPSA) is 117 Å². The molecule has 4 N–H and O–H groups in total. The van der Waals surface area contributed by atoms with Gasteiger partial charge in [-0.05, 0) is 36.0 Å². The molecule has 1 amide bonds. The van der Waals surface area contributed by atoms with Gasteiger partial charge in [0.2, 0.25) is 11.9 Å². The maximum atomic E-state index is 11.5. The fourth-order valence-electron chi connectivity index (χ4n) is 3.49. The molecule has 7 nitrogen and oxygen atoms in total. The molecule has 28 heavy (non-hydrogen) atoms. The molecular formula is C20H23ClN6O. The van der Waals surface area contributed by atoms with E-state index < -0.39 is 0 Å². The standard InChI is InChI=1S/C20H23ClN6O/c1-20(2)15(17(23)28)9-16(20)26-18-13(10-22)11-25-19(27-18)24-7-6-12-4-3-5-14(21)8-12/h3-5,8,11,15-16H,6-7,9H2,1-2H3,(H2,23,28)(H2,24,25,26,27)/t15-,16+/m1/s1. The van der Waals surface area contributed by atoms with E-state index in [2.05, 4.69) is 26.7 Å². The average Bonchev–Trinajstić information content (AvgIpc) is 2.64. The summed E-state index contributed by atoms with van der Waals surface area (Å²) in [5, 5.41) is 16.5. The summed E-state index contributed by atoms with van der Waals surface area (Å²) in [5.74, 6) is 0.415. The average molecular weight is 399 g/mol. The number of nitrogens with zero attached hydrogens (tertiary/aromatic N) is 3. The lowest BCUT2D eigenvalue weighted by atomic mass is 9.58. The summed E-state index contributed by atoms with van der Waals surface area (Å²) in [4.78, 5) is 20.2. The van der Waals surface area contributed by atoms with Crippen LogP contribution in [-0.2, 0) is 11.2 Å². The first-order valence-corrected chi connectivity index (χ1v) is 9.50. The summed E-state index contributed by atoms with van der Waals surface area (Å²) >= 11 is 6.00. The van der Waals surface area contributed by atoms with E-state index in [1.807, 2.05) is 38.1 Å². The van der Waals surface area contributed by atoms with Crippen molar-refractivity contribution in [2.75, 3.05) is 17.2 Å². The molecule has 3 rings (SSSR count). The Morgan fingerprint density at radius 3 is 2.89 bits per heavy atom. The summed E-state index contributed by atoms with van der Waals surface area (Å²) in [6, 6.07) is 9.79. The van der Waals surface area contributed by atoms with Crippen LogP contribution in [0.5, 0.6) is 0 Å². The third-order valence-corrected chi connectivity index (χ3v) is 5.65. The highest BCUT2D eigenvalue weighted by Crippen LogP contribution is 2.47. The predicted molar refractivity (Wildman–Crippen MR) is 109 cm³/mol. The molecule has 0 saturated heterocycles. The van der Waals surface area contributed by atoms with Crippen LogP contribution in [0.1, 0.15) is 31.4 Å². The largest absolute Gasteiger partial charge is 0.369 e. The van der Waals surface area contributed by atoms with Gasteiger partial charge in [-0.15, -0.1) is 0 Å². The van der Waals surface area contributed by atoms with Crippen molar-refractivity contribution in [3.05, 3.63) is 46.6 Å². The maximum absolute atomic E-state index is 11.5. The van der Waals surface area contributed by atoms with Crippen molar-refractivity contribution in [3.8, 4) is 6.07 Å². The van der Waals surface area contributed by atoms with Gasteiger partial charge in [0.25, 0.3) is 0 Å². The summed E-state index contributed by atoms with van der Waals surface area (Å²) in [5.41, 5.74) is 6.63. The highest BCUT2D eigenvalue weighted by molar-refractivity contribution is 6.30. The SMILES string of the molecule is CC1(C)[C@@H](Nc2nc(NCCc3cccc(Cl)c3)ncc2C#N)C[C@@H]1C(N)=O. The van der Waals surface area contributed by atoms with Gasteiger partial charge in [0.1, 0.15) is 17.5 Å². The zero-order valence-electron chi connectivity index (χ0n) is 15.9. The van der Waals surface area contributed by atoms with Crippen molar-refractivity contribution >= 4 is 29.3 Å². The molecule has 1 aliphatic rings. The second-order valence-electron chi connectivity index (χ2n) is 7.58. The lowest BCUT2D eigenvalue weighted by Gasteiger charge is -2.50. The maximum Gasteiger partial charge on any atom is 0.224 e. The third kappa shape index (κ3) is 4.18. The number of hydrogen-bond donors (Lipinski definition) is 3. The molecule has 0 bridgehead atoms. The first-order chi connectivity index (χ1) is 13.3. The monoisotopic (exact) mass is 398 g/mol. The van der Waals surface area contributed by atoms with Crippen LogP contribution < -0.4 is 16.4 Å². The minimum Gasteiger partial charge on any atom is -0.369 e. The molecule has 1 aliphatic carbocycles. The van der Waals surface area contributed by atoms with Gasteiger partial charge in [-0.25, -0.2) is 4.98 Å². The van der Waals surface area contributed by atoms with Gasteiger partial charge >= 0.3 is 0 Å². The van der Waals surface area contributed by atoms with Gasteiger partial charge in [-0.2, -0.15) is 10.2 Å². The summed E-state index contributed by atoms with van der Waals surface area (Å²) in [7, 11) is 0. The number of carbonyl (C=O) groups excluding carboxylic acids is 1. The molecule has 0 radical (unpaired) electrons. The summed E-state index contributed by atoms with van der Waals surface area (Å²) in [6.45, 7) is 4.60. The van der Waals surface area contributed by atoms with Gasteiger partial charge in [-0.1, -0.05) is 37.6 Å². The van der Waals surface area contributed by atoms with E-state index in [4.69, 9.17) is 17.3 Å². The quantitative estimate of drug-likeness (QED) is 0.660. The Bertz CT molecular complexity index is 923. The summed E-state index contributed by atoms with van der Waals surface area (Å²) in [6.07, 6.45) is 2.88. The van der Waals surface area contributed by atoms with Gasteiger partial charge in [0.15, 0.2) is 0 Å². The molecule has 0 aliphatic heterocycles. The van der Waals surface area contributed by atoms with Crippen molar-refractivity contribution < 1.29 is 4.79 Å². The zero-order chi connectivity index (χ0) is 20.3. The van der Waals surface area contributed by atoms with Crippen LogP contribution in [0.2, 0.25) is 5.02 Å². The van der Waals surface area contributed by atoms with Crippen LogP contribution in [0, 0.1) is 22.7 Å². The van der Waals surface area contributed by atoms with Crippen LogP contribution in [0.25, 0.3) is 0 Å². The lowest BCUT2D eigenvalue weighted by Crippen LogP contribution is -2.58. The molecule has 1 fully saturated rings. The van der Waals surface area contributed by atoms with Crippen molar-refractivity contribution in [2.45, 2.75) is 32.7 Å². The Morgan fingerprint density at radius 1 is 1.46 bits per heavy atom. The fourth-order valence-corrected chi connectivity index (χ4v) is 3.70. The minimum absolute atomic E-state index is 0.00584. The molecule has 0 unspecified atom stereocenters. The van der Waals surface area contributed by atoms with E-state index >= 15 is 0 Å². The van der Waals surface area contributed by atoms with Crippen molar-refractivity contribution in [1.29, 1.82) is 5.26 Å². The lowest BCUT2D eigenvalue weighted by molar-refractivity contribution is -0.131. The number of nitriles is 1. The Kier molecular flexibility index (Phi) is 5.71. The Morgan fingerprint density at radius 2 is 2.25 bits per heavy atom. The molecule has 1 aromatic carbocycles. The van der Waals surface area contributed by atoms with Crippen LogP contribution in [-0.4, -0.2) is 28.5 Å². The van der Waals surface area contributed by atoms with Gasteiger partial charge in [0.05, 0.1) is 6.20 Å². The number of rotatable bonds is 7. The van der Waals surface area contributed by atoms with Crippen LogP contribution >= 0.6 is 11.6 Å². The van der Waals surface area contributed by atoms with Crippen molar-refractivity contribution in [3.63, 3.8) is 0 Å². The van der Waals surface area contributed by atoms with E-state index in [1.165, 1.54) is 6.20 Å². The number of hydrogen-bond acceptors (Lipinski definition) is 6. The minimum atomic E-state index is -0.302. The number of halogens is 1. The highest BCUT2D eigenvalue weighted by Gasteiger charge is 2.51. The van der Waals surface area contributed by atoms with E-state index in [9.17, 15) is 10.1 Å². The molecular weight excluding hydrogens is 376 g/mol. The van der Waals surface area contributed by atoms with E-state index in [1.54, 1.807) is 0 Å². The molecule has 1 heterocycles. The van der Waals surface area contributed by atoms with Crippen molar-refractivity contribution in [2.24, 2.45) is 17.1 Å². The number of aromatic nitrogens is 2. The van der Waals surface area contributed by atoms with E-state index in [-0.39, 0.29) is 23.3 Å². The van der Waals surface area contributed by atoms with E-state index in [0.29, 0.717) is 35.3 Å². The number of anilines is 2. The smallest absolute Gasteiger partial charge is 0.224 e. The number of nitrogens with two attached hydrogens (primary N) is 1. The predicted octanol–water partition coefficient (Wildman–Crippen LogP) is 2.97. The first kappa shape index (κ1) is 19.9. The van der Waals surface area contributed by atoms with Crippen LogP contribution in [0.3, 0.4) is 0 Å². The molecule has 2 atom stereocenters. The second kappa shape index (κ2) is 8.03. The number of amides is 1. The Labute approximate surface area is 169 Å². The normalized spacial score (nSPS) is 19.9. The van der Waals surface area contributed by atoms with Gasteiger partial charge in [-0.3, -0.25) is 4.79 Å². The molecule has 1 saturated carbocycles. The Balaban J connectivity index is 1.65. The molecule has 1 aromatic heterocycles. The number of primary amides is 1. The van der Waals surface area contributed by atoms with Gasteiger partial charge in [0, 0.05) is 23.5 Å². The second-order valence-corrected chi connectivity index (χ2v) is 8.02. The fraction of sp³-hybridized carbons (Fsp3) is 0.400. The zero-order valence-corrected chi connectivity index (χ0v) is 16.6. The number of nitrogens with one attached hydrogen (secondary N) is 2. The Hall–Kier alpha value is -2.85. The van der Waals surface area contributed by atoms with E-state index in [0.717, 1.165) is 12.0 Å². The van der Waals surface area contributed by atoms with Crippen LogP contribution in [0.4, 0.5) is 11.8 Å². The molecule has 2 aromatic rings. The number of carbonyl (C=O) groups is 1. The summed E-state index contributed by atoms with van der Waals surface area (Å²) < 4.78 is 0.